The lowest BCUT2D eigenvalue weighted by Gasteiger charge is -2.22. The van der Waals surface area contributed by atoms with Crippen LogP contribution < -0.4 is 0 Å². The van der Waals surface area contributed by atoms with Gasteiger partial charge in [-0.05, 0) is 17.2 Å². The predicted molar refractivity (Wildman–Crippen MR) is 49.6 cm³/mol. The number of carbonyl (C=O) groups is 1. The Kier molecular flexibility index (Phi) is 2.30. The Morgan fingerprint density at radius 2 is 2.43 bits per heavy atom. The van der Waals surface area contributed by atoms with Crippen LogP contribution >= 0.6 is 0 Å². The smallest absolute Gasteiger partial charge is 0.129 e. The number of fused-ring (bicyclic) bond motifs is 1. The number of nitrogens with zero attached hydrogens (tertiary/aromatic N) is 1. The van der Waals surface area contributed by atoms with Crippen LogP contribution in [-0.4, -0.2) is 12.9 Å². The topological polar surface area (TPSA) is 50.1 Å². The molecule has 1 atom stereocenters. The van der Waals surface area contributed by atoms with Crippen LogP contribution in [-0.2, 0) is 16.1 Å². The van der Waals surface area contributed by atoms with Crippen LogP contribution in [0.5, 0.6) is 0 Å². The number of benzene rings is 1. The molecule has 0 amide bonds. The number of aldehydes is 1. The minimum absolute atomic E-state index is 0.216. The molecule has 3 heteroatoms. The minimum Gasteiger partial charge on any atom is -0.376 e. The molecular formula is C11H9NO2. The van der Waals surface area contributed by atoms with Crippen LogP contribution in [0.1, 0.15) is 22.6 Å². The van der Waals surface area contributed by atoms with Gasteiger partial charge in [0.05, 0.1) is 30.8 Å². The van der Waals surface area contributed by atoms with Crippen molar-refractivity contribution in [2.75, 3.05) is 6.61 Å². The van der Waals surface area contributed by atoms with Gasteiger partial charge >= 0.3 is 0 Å². The summed E-state index contributed by atoms with van der Waals surface area (Å²) in [5.41, 5.74) is 2.40. The zero-order valence-corrected chi connectivity index (χ0v) is 7.56. The third-order valence-corrected chi connectivity index (χ3v) is 2.44. The lowest BCUT2D eigenvalue weighted by atomic mass is 9.91. The molecule has 0 saturated carbocycles. The Labute approximate surface area is 81.9 Å². The second kappa shape index (κ2) is 3.60. The van der Waals surface area contributed by atoms with Crippen LogP contribution in [0.25, 0.3) is 0 Å². The van der Waals surface area contributed by atoms with E-state index in [1.807, 2.05) is 6.07 Å². The van der Waals surface area contributed by atoms with Gasteiger partial charge in [-0.1, -0.05) is 12.1 Å². The molecule has 14 heavy (non-hydrogen) atoms. The van der Waals surface area contributed by atoms with Gasteiger partial charge in [-0.3, -0.25) is 0 Å². The van der Waals surface area contributed by atoms with E-state index in [9.17, 15) is 4.79 Å². The second-order valence-corrected chi connectivity index (χ2v) is 3.24. The predicted octanol–water partition coefficient (Wildman–Crippen LogP) is 1.37. The van der Waals surface area contributed by atoms with Crippen LogP contribution in [0.2, 0.25) is 0 Å². The van der Waals surface area contributed by atoms with Gasteiger partial charge in [0.2, 0.25) is 0 Å². The highest BCUT2D eigenvalue weighted by atomic mass is 16.5. The van der Waals surface area contributed by atoms with Gasteiger partial charge in [-0.2, -0.15) is 5.26 Å². The molecule has 0 spiro atoms. The normalized spacial score (nSPS) is 19.5. The number of carbonyl (C=O) groups excluding carboxylic acids is 1. The summed E-state index contributed by atoms with van der Waals surface area (Å²) in [5, 5.41) is 8.86. The molecule has 3 nitrogen and oxygen atoms in total. The first-order valence-electron chi connectivity index (χ1n) is 4.41. The minimum atomic E-state index is -0.216. The Morgan fingerprint density at radius 1 is 1.57 bits per heavy atom. The van der Waals surface area contributed by atoms with Crippen molar-refractivity contribution in [3.63, 3.8) is 0 Å². The van der Waals surface area contributed by atoms with Crippen LogP contribution in [0.3, 0.4) is 0 Å². The molecule has 1 aliphatic rings. The molecule has 2 rings (SSSR count). The Bertz CT molecular complexity index is 406. The summed E-state index contributed by atoms with van der Waals surface area (Å²) >= 11 is 0. The van der Waals surface area contributed by atoms with Gasteiger partial charge in [0.25, 0.3) is 0 Å². The first-order valence-corrected chi connectivity index (χ1v) is 4.41. The highest BCUT2D eigenvalue weighted by molar-refractivity contribution is 5.65. The number of rotatable bonds is 1. The molecule has 0 bridgehead atoms. The van der Waals surface area contributed by atoms with E-state index in [1.54, 1.807) is 12.1 Å². The summed E-state index contributed by atoms with van der Waals surface area (Å²) in [6, 6.07) is 7.54. The van der Waals surface area contributed by atoms with Gasteiger partial charge in [0, 0.05) is 0 Å². The Morgan fingerprint density at radius 3 is 3.14 bits per heavy atom. The number of nitriles is 1. The van der Waals surface area contributed by atoms with Crippen molar-refractivity contribution in [1.29, 1.82) is 5.26 Å². The van der Waals surface area contributed by atoms with E-state index in [-0.39, 0.29) is 5.92 Å². The van der Waals surface area contributed by atoms with E-state index in [0.29, 0.717) is 18.8 Å². The Hall–Kier alpha value is -1.66. The summed E-state index contributed by atoms with van der Waals surface area (Å²) in [5.74, 6) is -0.216. The third-order valence-electron chi connectivity index (χ3n) is 2.44. The summed E-state index contributed by atoms with van der Waals surface area (Å²) in [7, 11) is 0. The molecule has 0 aliphatic carbocycles. The maximum absolute atomic E-state index is 10.8. The average molecular weight is 187 g/mol. The first-order chi connectivity index (χ1) is 6.86. The molecule has 0 fully saturated rings. The molecule has 0 unspecified atom stereocenters. The monoisotopic (exact) mass is 187 g/mol. The number of hydrogen-bond acceptors (Lipinski definition) is 3. The zero-order valence-electron chi connectivity index (χ0n) is 7.56. The summed E-state index contributed by atoms with van der Waals surface area (Å²) in [6.45, 7) is 0.856. The van der Waals surface area contributed by atoms with E-state index in [1.165, 1.54) is 0 Å². The van der Waals surface area contributed by atoms with Gasteiger partial charge in [-0.25, -0.2) is 0 Å². The fraction of sp³-hybridized carbons (Fsp3) is 0.273. The van der Waals surface area contributed by atoms with E-state index in [0.717, 1.165) is 17.4 Å². The van der Waals surface area contributed by atoms with Crippen LogP contribution in [0.4, 0.5) is 0 Å². The summed E-state index contributed by atoms with van der Waals surface area (Å²) < 4.78 is 5.26. The van der Waals surface area contributed by atoms with Crippen molar-refractivity contribution in [1.82, 2.24) is 0 Å². The Balaban J connectivity index is 2.55. The van der Waals surface area contributed by atoms with Crippen molar-refractivity contribution in [2.24, 2.45) is 0 Å². The molecule has 1 aliphatic heterocycles. The van der Waals surface area contributed by atoms with Crippen molar-refractivity contribution in [3.05, 3.63) is 34.9 Å². The summed E-state index contributed by atoms with van der Waals surface area (Å²) in [4.78, 5) is 10.8. The lowest BCUT2D eigenvalue weighted by molar-refractivity contribution is -0.110. The molecule has 0 saturated heterocycles. The van der Waals surface area contributed by atoms with Crippen LogP contribution in [0, 0.1) is 11.3 Å². The number of ether oxygens (including phenoxy) is 1. The van der Waals surface area contributed by atoms with Crippen LogP contribution in [0.15, 0.2) is 18.2 Å². The van der Waals surface area contributed by atoms with Gasteiger partial charge in [0.1, 0.15) is 6.29 Å². The SMILES string of the molecule is N#Cc1cccc2c1COC[C@@H]2C=O. The number of hydrogen-bond donors (Lipinski definition) is 0. The standard InChI is InChI=1S/C11H9NO2/c12-4-8-2-1-3-10-9(5-13)6-14-7-11(8)10/h1-3,5,9H,6-7H2/t9-/m0/s1. The largest absolute Gasteiger partial charge is 0.376 e. The van der Waals surface area contributed by atoms with Gasteiger partial charge in [-0.15, -0.1) is 0 Å². The molecule has 1 aromatic rings. The van der Waals surface area contributed by atoms with Crippen molar-refractivity contribution in [3.8, 4) is 6.07 Å². The molecule has 0 radical (unpaired) electrons. The second-order valence-electron chi connectivity index (χ2n) is 3.24. The highest BCUT2D eigenvalue weighted by Crippen LogP contribution is 2.27. The first kappa shape index (κ1) is 8.92. The average Bonchev–Trinajstić information content (AvgIpc) is 2.27. The van der Waals surface area contributed by atoms with E-state index < -0.39 is 0 Å². The molecular weight excluding hydrogens is 178 g/mol. The van der Waals surface area contributed by atoms with E-state index in [2.05, 4.69) is 6.07 Å². The fourth-order valence-corrected chi connectivity index (χ4v) is 1.71. The summed E-state index contributed by atoms with van der Waals surface area (Å²) in [6.07, 6.45) is 0.874. The maximum Gasteiger partial charge on any atom is 0.129 e. The maximum atomic E-state index is 10.8. The lowest BCUT2D eigenvalue weighted by Crippen LogP contribution is -2.18. The molecule has 0 aromatic heterocycles. The van der Waals surface area contributed by atoms with Gasteiger partial charge in [0.15, 0.2) is 0 Å². The van der Waals surface area contributed by atoms with Crippen molar-refractivity contribution >= 4 is 6.29 Å². The zero-order chi connectivity index (χ0) is 9.97. The van der Waals surface area contributed by atoms with E-state index in [4.69, 9.17) is 10.00 Å². The molecule has 0 N–H and O–H groups in total. The fourth-order valence-electron chi connectivity index (χ4n) is 1.71. The highest BCUT2D eigenvalue weighted by Gasteiger charge is 2.21. The third kappa shape index (κ3) is 1.30. The quantitative estimate of drug-likeness (QED) is 0.624. The van der Waals surface area contributed by atoms with Crippen molar-refractivity contribution < 1.29 is 9.53 Å². The molecule has 1 heterocycles. The molecule has 70 valence electrons. The van der Waals surface area contributed by atoms with E-state index >= 15 is 0 Å². The van der Waals surface area contributed by atoms with Gasteiger partial charge < -0.3 is 9.53 Å². The van der Waals surface area contributed by atoms with Crippen molar-refractivity contribution in [2.45, 2.75) is 12.5 Å². The molecule has 1 aromatic carbocycles.